The molecule has 0 saturated heterocycles. The molecule has 2 amide bonds. The minimum atomic E-state index is -0.968. The fourth-order valence-corrected chi connectivity index (χ4v) is 2.23. The summed E-state index contributed by atoms with van der Waals surface area (Å²) in [5.74, 6) is -0.968. The fraction of sp³-hybridized carbons (Fsp3) is 0.389. The zero-order chi connectivity index (χ0) is 18.6. The van der Waals surface area contributed by atoms with Crippen molar-refractivity contribution < 1.29 is 14.7 Å². The lowest BCUT2D eigenvalue weighted by molar-refractivity contribution is 0.0697. The van der Waals surface area contributed by atoms with E-state index >= 15 is 0 Å². The molecule has 0 aliphatic rings. The van der Waals surface area contributed by atoms with Crippen LogP contribution in [0.3, 0.4) is 0 Å². The van der Waals surface area contributed by atoms with E-state index in [1.165, 1.54) is 12.1 Å². The van der Waals surface area contributed by atoms with Gasteiger partial charge in [-0.3, -0.25) is 5.10 Å². The molecule has 0 unspecified atom stereocenters. The maximum atomic E-state index is 12.2. The van der Waals surface area contributed by atoms with Crippen LogP contribution < -0.4 is 5.32 Å². The predicted octanol–water partition coefficient (Wildman–Crippen LogP) is 2.75. The second-order valence-electron chi connectivity index (χ2n) is 7.05. The summed E-state index contributed by atoms with van der Waals surface area (Å²) < 4.78 is 0. The Kier molecular flexibility index (Phi) is 5.46. The zero-order valence-corrected chi connectivity index (χ0v) is 15.0. The second kappa shape index (κ2) is 7.38. The number of aromatic carboxylic acids is 1. The van der Waals surface area contributed by atoms with Gasteiger partial charge in [-0.05, 0) is 23.8 Å². The highest BCUT2D eigenvalue weighted by Crippen LogP contribution is 2.20. The molecular weight excluding hydrogens is 320 g/mol. The Labute approximate surface area is 147 Å². The van der Waals surface area contributed by atoms with Crippen LogP contribution in [-0.2, 0) is 18.5 Å². The van der Waals surface area contributed by atoms with Gasteiger partial charge in [0.15, 0.2) is 0 Å². The van der Waals surface area contributed by atoms with Crippen molar-refractivity contribution in [2.75, 3.05) is 7.05 Å². The number of nitrogens with zero attached hydrogens (tertiary/aromatic N) is 2. The van der Waals surface area contributed by atoms with Gasteiger partial charge in [0.25, 0.3) is 0 Å². The highest BCUT2D eigenvalue weighted by Gasteiger charge is 2.18. The van der Waals surface area contributed by atoms with Gasteiger partial charge in [-0.1, -0.05) is 32.9 Å². The molecule has 25 heavy (non-hydrogen) atoms. The molecule has 3 N–H and O–H groups in total. The van der Waals surface area contributed by atoms with E-state index in [1.54, 1.807) is 24.1 Å². The third kappa shape index (κ3) is 5.07. The minimum Gasteiger partial charge on any atom is -0.478 e. The van der Waals surface area contributed by atoms with Crippen LogP contribution in [0.5, 0.6) is 0 Å². The average Bonchev–Trinajstić information content (AvgIpc) is 3.01. The first-order chi connectivity index (χ1) is 11.7. The molecule has 2 aromatic rings. The van der Waals surface area contributed by atoms with Gasteiger partial charge in [-0.2, -0.15) is 5.10 Å². The molecule has 1 aromatic heterocycles. The summed E-state index contributed by atoms with van der Waals surface area (Å²) in [7, 11) is 1.71. The lowest BCUT2D eigenvalue weighted by Crippen LogP contribution is -2.36. The SMILES string of the molecule is CN(Cc1cc(C(C)(C)C)n[nH]1)C(=O)NCc1ccc(C(=O)O)cc1. The van der Waals surface area contributed by atoms with Crippen molar-refractivity contribution in [3.05, 3.63) is 52.8 Å². The van der Waals surface area contributed by atoms with Crippen molar-refractivity contribution in [2.24, 2.45) is 0 Å². The van der Waals surface area contributed by atoms with Crippen molar-refractivity contribution in [1.82, 2.24) is 20.4 Å². The maximum absolute atomic E-state index is 12.2. The number of H-pyrrole nitrogens is 1. The highest BCUT2D eigenvalue weighted by molar-refractivity contribution is 5.87. The van der Waals surface area contributed by atoms with E-state index in [0.29, 0.717) is 13.1 Å². The molecule has 1 aromatic carbocycles. The van der Waals surface area contributed by atoms with Crippen molar-refractivity contribution >= 4 is 12.0 Å². The lowest BCUT2D eigenvalue weighted by atomic mass is 9.92. The van der Waals surface area contributed by atoms with Gasteiger partial charge >= 0.3 is 12.0 Å². The molecule has 0 aliphatic carbocycles. The number of carbonyl (C=O) groups excluding carboxylic acids is 1. The van der Waals surface area contributed by atoms with Gasteiger partial charge in [0.2, 0.25) is 0 Å². The van der Waals surface area contributed by atoms with Crippen molar-refractivity contribution in [2.45, 2.75) is 39.3 Å². The molecule has 7 nitrogen and oxygen atoms in total. The third-order valence-electron chi connectivity index (χ3n) is 3.80. The quantitative estimate of drug-likeness (QED) is 0.777. The summed E-state index contributed by atoms with van der Waals surface area (Å²) in [5.41, 5.74) is 2.84. The van der Waals surface area contributed by atoms with E-state index in [4.69, 9.17) is 5.11 Å². The number of nitrogens with one attached hydrogen (secondary N) is 2. The summed E-state index contributed by atoms with van der Waals surface area (Å²) in [6, 6.07) is 8.17. The van der Waals surface area contributed by atoms with Gasteiger partial charge in [0, 0.05) is 19.0 Å². The number of rotatable bonds is 5. The van der Waals surface area contributed by atoms with Gasteiger partial charge in [-0.25, -0.2) is 9.59 Å². The van der Waals surface area contributed by atoms with Crippen LogP contribution in [0.4, 0.5) is 4.79 Å². The summed E-state index contributed by atoms with van der Waals surface area (Å²) in [4.78, 5) is 24.6. The Balaban J connectivity index is 1.87. The van der Waals surface area contributed by atoms with E-state index in [0.717, 1.165) is 17.0 Å². The van der Waals surface area contributed by atoms with Crippen LogP contribution in [0.2, 0.25) is 0 Å². The number of amides is 2. The number of aromatic nitrogens is 2. The Hall–Kier alpha value is -2.83. The average molecular weight is 344 g/mol. The molecule has 0 atom stereocenters. The summed E-state index contributed by atoms with van der Waals surface area (Å²) >= 11 is 0. The molecular formula is C18H24N4O3. The van der Waals surface area contributed by atoms with Crippen LogP contribution in [0.1, 0.15) is 48.1 Å². The van der Waals surface area contributed by atoms with Crippen molar-refractivity contribution in [1.29, 1.82) is 0 Å². The predicted molar refractivity (Wildman–Crippen MR) is 94.4 cm³/mol. The van der Waals surface area contributed by atoms with Crippen LogP contribution in [-0.4, -0.2) is 39.3 Å². The molecule has 0 aliphatic heterocycles. The van der Waals surface area contributed by atoms with E-state index in [9.17, 15) is 9.59 Å². The number of benzene rings is 1. The Morgan fingerprint density at radius 2 is 1.88 bits per heavy atom. The smallest absolute Gasteiger partial charge is 0.335 e. The summed E-state index contributed by atoms with van der Waals surface area (Å²) in [6.07, 6.45) is 0. The molecule has 0 bridgehead atoms. The number of carboxylic acids is 1. The summed E-state index contributed by atoms with van der Waals surface area (Å²) in [5, 5.41) is 18.9. The molecule has 0 saturated carbocycles. The Morgan fingerprint density at radius 3 is 2.40 bits per heavy atom. The van der Waals surface area contributed by atoms with E-state index < -0.39 is 5.97 Å². The first kappa shape index (κ1) is 18.5. The van der Waals surface area contributed by atoms with Crippen molar-refractivity contribution in [3.8, 4) is 0 Å². The fourth-order valence-electron chi connectivity index (χ4n) is 2.23. The monoisotopic (exact) mass is 344 g/mol. The molecule has 7 heteroatoms. The van der Waals surface area contributed by atoms with E-state index in [-0.39, 0.29) is 17.0 Å². The largest absolute Gasteiger partial charge is 0.478 e. The molecule has 134 valence electrons. The molecule has 2 rings (SSSR count). The van der Waals surface area contributed by atoms with Gasteiger partial charge in [0.1, 0.15) is 0 Å². The molecule has 0 fully saturated rings. The minimum absolute atomic E-state index is 0.0440. The zero-order valence-electron chi connectivity index (χ0n) is 15.0. The Morgan fingerprint density at radius 1 is 1.24 bits per heavy atom. The van der Waals surface area contributed by atoms with E-state index in [1.807, 2.05) is 6.07 Å². The number of carboxylic acid groups (broad SMARTS) is 1. The van der Waals surface area contributed by atoms with E-state index in [2.05, 4.69) is 36.3 Å². The first-order valence-electron chi connectivity index (χ1n) is 8.03. The number of carbonyl (C=O) groups is 2. The van der Waals surface area contributed by atoms with Crippen LogP contribution in [0.25, 0.3) is 0 Å². The van der Waals surface area contributed by atoms with Crippen LogP contribution in [0, 0.1) is 0 Å². The third-order valence-corrected chi connectivity index (χ3v) is 3.80. The van der Waals surface area contributed by atoms with Crippen LogP contribution in [0.15, 0.2) is 30.3 Å². The molecule has 1 heterocycles. The van der Waals surface area contributed by atoms with Gasteiger partial charge in [0.05, 0.1) is 23.5 Å². The topological polar surface area (TPSA) is 98.3 Å². The normalized spacial score (nSPS) is 11.2. The van der Waals surface area contributed by atoms with Gasteiger partial charge in [-0.15, -0.1) is 0 Å². The standard InChI is InChI=1S/C18H24N4O3/c1-18(2,3)15-9-14(20-21-15)11-22(4)17(25)19-10-12-5-7-13(8-6-12)16(23)24/h5-9H,10-11H2,1-4H3,(H,19,25)(H,20,21)(H,23,24). The number of hydrogen-bond acceptors (Lipinski definition) is 3. The second-order valence-corrected chi connectivity index (χ2v) is 7.05. The van der Waals surface area contributed by atoms with Crippen molar-refractivity contribution in [3.63, 3.8) is 0 Å². The summed E-state index contributed by atoms with van der Waals surface area (Å²) in [6.45, 7) is 7.00. The number of aromatic amines is 1. The van der Waals surface area contributed by atoms with Crippen LogP contribution >= 0.6 is 0 Å². The Bertz CT molecular complexity index is 744. The molecule has 0 spiro atoms. The highest BCUT2D eigenvalue weighted by atomic mass is 16.4. The number of urea groups is 1. The maximum Gasteiger partial charge on any atom is 0.335 e. The number of hydrogen-bond donors (Lipinski definition) is 3. The first-order valence-corrected chi connectivity index (χ1v) is 8.03. The lowest BCUT2D eigenvalue weighted by Gasteiger charge is -2.17. The van der Waals surface area contributed by atoms with Gasteiger partial charge < -0.3 is 15.3 Å². The molecule has 0 radical (unpaired) electrons.